The average Bonchev–Trinajstić information content (AvgIpc) is 2.73. The summed E-state index contributed by atoms with van der Waals surface area (Å²) in [6, 6.07) is 0. The lowest BCUT2D eigenvalue weighted by Crippen LogP contribution is -2.42. The Morgan fingerprint density at radius 3 is 2.59 bits per heavy atom. The summed E-state index contributed by atoms with van der Waals surface area (Å²) < 4.78 is 5.42. The summed E-state index contributed by atoms with van der Waals surface area (Å²) in [5.41, 5.74) is 0. The van der Waals surface area contributed by atoms with E-state index in [1.807, 2.05) is 0 Å². The molecule has 5 heteroatoms. The zero-order chi connectivity index (χ0) is 13.0. The summed E-state index contributed by atoms with van der Waals surface area (Å²) in [5, 5.41) is 11.4. The van der Waals surface area contributed by atoms with Gasteiger partial charge in [0.1, 0.15) is 6.10 Å². The van der Waals surface area contributed by atoms with Gasteiger partial charge < -0.3 is 15.2 Å². The van der Waals surface area contributed by atoms with E-state index < -0.39 is 18.0 Å². The molecule has 1 unspecified atom stereocenters. The Balaban J connectivity index is 2.44. The largest absolute Gasteiger partial charge is 0.481 e. The van der Waals surface area contributed by atoms with Crippen molar-refractivity contribution in [2.45, 2.75) is 33.3 Å². The predicted molar refractivity (Wildman–Crippen MR) is 62.5 cm³/mol. The summed E-state index contributed by atoms with van der Waals surface area (Å²) in [5.74, 6) is -1.04. The minimum atomic E-state index is -0.905. The van der Waals surface area contributed by atoms with Gasteiger partial charge >= 0.3 is 5.97 Å². The van der Waals surface area contributed by atoms with E-state index in [0.717, 1.165) is 6.42 Å². The summed E-state index contributed by atoms with van der Waals surface area (Å²) >= 11 is 0. The summed E-state index contributed by atoms with van der Waals surface area (Å²) in [7, 11) is 0. The Morgan fingerprint density at radius 1 is 1.41 bits per heavy atom. The molecule has 1 amide bonds. The Kier molecular flexibility index (Phi) is 4.93. The normalized spacial score (nSPS) is 25.9. The lowest BCUT2D eigenvalue weighted by Gasteiger charge is -2.21. The van der Waals surface area contributed by atoms with Gasteiger partial charge in [-0.1, -0.05) is 20.8 Å². The van der Waals surface area contributed by atoms with Crippen molar-refractivity contribution >= 4 is 11.9 Å². The number of carbonyl (C=O) groups excluding carboxylic acids is 1. The Bertz CT molecular complexity index is 290. The van der Waals surface area contributed by atoms with Crippen LogP contribution in [0.15, 0.2) is 0 Å². The van der Waals surface area contributed by atoms with E-state index in [1.54, 1.807) is 6.92 Å². The van der Waals surface area contributed by atoms with Gasteiger partial charge in [0.05, 0.1) is 5.92 Å². The third-order valence-electron chi connectivity index (χ3n) is 3.26. The topological polar surface area (TPSA) is 75.6 Å². The zero-order valence-electron chi connectivity index (χ0n) is 10.6. The van der Waals surface area contributed by atoms with Gasteiger partial charge in [0.2, 0.25) is 5.91 Å². The monoisotopic (exact) mass is 243 g/mol. The van der Waals surface area contributed by atoms with Crippen LogP contribution in [0.5, 0.6) is 0 Å². The summed E-state index contributed by atoms with van der Waals surface area (Å²) in [4.78, 5) is 22.5. The molecule has 5 nitrogen and oxygen atoms in total. The van der Waals surface area contributed by atoms with E-state index in [9.17, 15) is 9.59 Å². The van der Waals surface area contributed by atoms with E-state index in [4.69, 9.17) is 9.84 Å². The number of nitrogens with one attached hydrogen (secondary N) is 1. The molecule has 0 aromatic rings. The highest BCUT2D eigenvalue weighted by Crippen LogP contribution is 2.27. The molecule has 17 heavy (non-hydrogen) atoms. The molecule has 98 valence electrons. The molecule has 0 spiro atoms. The highest BCUT2D eigenvalue weighted by Gasteiger charge is 2.35. The van der Waals surface area contributed by atoms with Crippen LogP contribution in [0, 0.1) is 17.8 Å². The number of carboxylic acid groups (broad SMARTS) is 1. The number of hydrogen-bond donors (Lipinski definition) is 2. The molecule has 0 saturated carbocycles. The number of amides is 1. The second-order valence-corrected chi connectivity index (χ2v) is 4.97. The molecular formula is C12H21NO4. The van der Waals surface area contributed by atoms with Crippen LogP contribution in [-0.4, -0.2) is 36.2 Å². The number of rotatable bonds is 5. The predicted octanol–water partition coefficient (Wildman–Crippen LogP) is 0.884. The molecular weight excluding hydrogens is 222 g/mol. The first-order valence-electron chi connectivity index (χ1n) is 6.05. The third-order valence-corrected chi connectivity index (χ3v) is 3.26. The number of hydrogen-bond acceptors (Lipinski definition) is 3. The fourth-order valence-corrected chi connectivity index (χ4v) is 2.00. The van der Waals surface area contributed by atoms with E-state index >= 15 is 0 Å². The molecule has 1 heterocycles. The molecule has 0 aromatic carbocycles. The molecule has 2 N–H and O–H groups in total. The van der Waals surface area contributed by atoms with Crippen LogP contribution in [0.1, 0.15) is 27.2 Å². The van der Waals surface area contributed by atoms with Crippen molar-refractivity contribution in [1.82, 2.24) is 5.32 Å². The van der Waals surface area contributed by atoms with E-state index in [0.29, 0.717) is 12.5 Å². The van der Waals surface area contributed by atoms with Crippen LogP contribution < -0.4 is 5.32 Å². The summed E-state index contributed by atoms with van der Waals surface area (Å²) in [6.45, 7) is 6.46. The molecule has 1 aliphatic heterocycles. The Labute approximate surface area is 102 Å². The Hall–Kier alpha value is -1.10. The summed E-state index contributed by atoms with van der Waals surface area (Å²) in [6.07, 6.45) is 0.473. The van der Waals surface area contributed by atoms with Crippen molar-refractivity contribution in [3.05, 3.63) is 0 Å². The maximum absolute atomic E-state index is 11.9. The molecule has 1 rings (SSSR count). The van der Waals surface area contributed by atoms with Gasteiger partial charge in [0, 0.05) is 13.2 Å². The molecule has 0 bridgehead atoms. The van der Waals surface area contributed by atoms with E-state index in [2.05, 4.69) is 19.2 Å². The van der Waals surface area contributed by atoms with Crippen molar-refractivity contribution in [1.29, 1.82) is 0 Å². The number of ether oxygens (including phenoxy) is 1. The van der Waals surface area contributed by atoms with Gasteiger partial charge in [0.25, 0.3) is 0 Å². The van der Waals surface area contributed by atoms with Gasteiger partial charge in [-0.15, -0.1) is 0 Å². The van der Waals surface area contributed by atoms with Gasteiger partial charge in [-0.2, -0.15) is 0 Å². The van der Waals surface area contributed by atoms with Gasteiger partial charge in [-0.25, -0.2) is 0 Å². The zero-order valence-corrected chi connectivity index (χ0v) is 10.6. The van der Waals surface area contributed by atoms with Crippen LogP contribution in [-0.2, 0) is 14.3 Å². The van der Waals surface area contributed by atoms with Crippen molar-refractivity contribution in [3.8, 4) is 0 Å². The molecule has 0 aromatic heterocycles. The molecule has 0 radical (unpaired) electrons. The number of carboxylic acids is 1. The molecule has 0 aliphatic carbocycles. The van der Waals surface area contributed by atoms with E-state index in [-0.39, 0.29) is 18.4 Å². The van der Waals surface area contributed by atoms with Crippen LogP contribution in [0.4, 0.5) is 0 Å². The molecule has 1 aliphatic rings. The standard InChI is InChI=1S/C12H21NO4/c1-7(2)9-4-5-17-10(9)11(14)13-6-8(3)12(15)16/h7-10H,4-6H2,1-3H3,(H,13,14)(H,15,16)/t8?,9-,10-/m0/s1. The highest BCUT2D eigenvalue weighted by molar-refractivity contribution is 5.82. The van der Waals surface area contributed by atoms with Gasteiger partial charge in [-0.3, -0.25) is 9.59 Å². The average molecular weight is 243 g/mol. The second-order valence-electron chi connectivity index (χ2n) is 4.97. The van der Waals surface area contributed by atoms with Crippen LogP contribution in [0.3, 0.4) is 0 Å². The fourth-order valence-electron chi connectivity index (χ4n) is 2.00. The molecule has 1 saturated heterocycles. The van der Waals surface area contributed by atoms with Crippen molar-refractivity contribution in [2.24, 2.45) is 17.8 Å². The first kappa shape index (κ1) is 14.0. The Morgan fingerprint density at radius 2 is 2.06 bits per heavy atom. The van der Waals surface area contributed by atoms with Crippen LogP contribution in [0.2, 0.25) is 0 Å². The smallest absolute Gasteiger partial charge is 0.308 e. The van der Waals surface area contributed by atoms with Crippen LogP contribution >= 0.6 is 0 Å². The first-order chi connectivity index (χ1) is 7.93. The maximum Gasteiger partial charge on any atom is 0.308 e. The first-order valence-corrected chi connectivity index (χ1v) is 6.05. The lowest BCUT2D eigenvalue weighted by atomic mass is 9.89. The molecule has 1 fully saturated rings. The highest BCUT2D eigenvalue weighted by atomic mass is 16.5. The number of carbonyl (C=O) groups is 2. The minimum Gasteiger partial charge on any atom is -0.481 e. The molecule has 3 atom stereocenters. The van der Waals surface area contributed by atoms with Crippen LogP contribution in [0.25, 0.3) is 0 Å². The maximum atomic E-state index is 11.9. The van der Waals surface area contributed by atoms with Crippen molar-refractivity contribution in [2.75, 3.05) is 13.2 Å². The third kappa shape index (κ3) is 3.70. The number of aliphatic carboxylic acids is 1. The minimum absolute atomic E-state index is 0.152. The fraction of sp³-hybridized carbons (Fsp3) is 0.833. The SMILES string of the molecule is CC(CNC(=O)[C@H]1OCC[C@H]1C(C)C)C(=O)O. The van der Waals surface area contributed by atoms with Crippen molar-refractivity contribution < 1.29 is 19.4 Å². The quantitative estimate of drug-likeness (QED) is 0.751. The van der Waals surface area contributed by atoms with Gasteiger partial charge in [-0.05, 0) is 18.3 Å². The second kappa shape index (κ2) is 6.00. The lowest BCUT2D eigenvalue weighted by molar-refractivity contribution is -0.141. The van der Waals surface area contributed by atoms with Gasteiger partial charge in [0.15, 0.2) is 0 Å². The van der Waals surface area contributed by atoms with Crippen molar-refractivity contribution in [3.63, 3.8) is 0 Å². The van der Waals surface area contributed by atoms with E-state index in [1.165, 1.54) is 0 Å².